The smallest absolute Gasteiger partial charge is 0.408 e. The average Bonchev–Trinajstić information content (AvgIpc) is 2.84. The van der Waals surface area contributed by atoms with Crippen LogP contribution in [-0.2, 0) is 19.1 Å². The Hall–Kier alpha value is -4.59. The van der Waals surface area contributed by atoms with Gasteiger partial charge in [0.15, 0.2) is 0 Å². The number of alkyl carbamates (subject to hydrolysis) is 1. The number of hydrogen-bond acceptors (Lipinski definition) is 7. The zero-order valence-electron chi connectivity index (χ0n) is 23.7. The summed E-state index contributed by atoms with van der Waals surface area (Å²) in [5, 5.41) is 25.1. The van der Waals surface area contributed by atoms with Gasteiger partial charge in [-0.3, -0.25) is 14.4 Å². The third kappa shape index (κ3) is 8.73. The Morgan fingerprint density at radius 3 is 2.23 bits per heavy atom. The normalized spacial score (nSPS) is 12.4. The van der Waals surface area contributed by atoms with Crippen molar-refractivity contribution in [1.82, 2.24) is 10.2 Å². The van der Waals surface area contributed by atoms with E-state index >= 15 is 0 Å². The maximum Gasteiger partial charge on any atom is 0.408 e. The van der Waals surface area contributed by atoms with Gasteiger partial charge < -0.3 is 31.1 Å². The lowest BCUT2D eigenvalue weighted by Crippen LogP contribution is -2.52. The second-order valence-electron chi connectivity index (χ2n) is 10.5. The number of nitrogens with one attached hydrogen (secondary N) is 2. The highest BCUT2D eigenvalue weighted by atomic mass is 16.6. The van der Waals surface area contributed by atoms with Gasteiger partial charge in [-0.15, -0.1) is 0 Å². The summed E-state index contributed by atoms with van der Waals surface area (Å²) in [6, 6.07) is 9.17. The van der Waals surface area contributed by atoms with Crippen molar-refractivity contribution in [2.45, 2.75) is 72.1 Å². The lowest BCUT2D eigenvalue weighted by atomic mass is 9.99. The molecule has 11 heteroatoms. The summed E-state index contributed by atoms with van der Waals surface area (Å²) in [5.74, 6) is -2.12. The number of carbonyl (C=O) groups excluding carboxylic acids is 4. The number of rotatable bonds is 10. The van der Waals surface area contributed by atoms with Crippen LogP contribution in [0, 0.1) is 32.1 Å². The molecular weight excluding hydrogens is 514 g/mol. The summed E-state index contributed by atoms with van der Waals surface area (Å²) in [5.41, 5.74) is 7.34. The number of ether oxygens (including phenoxy) is 1. The van der Waals surface area contributed by atoms with Crippen LogP contribution in [-0.4, -0.2) is 52.0 Å². The number of hydrogen-bond donors (Lipinski definition) is 4. The first-order valence-corrected chi connectivity index (χ1v) is 12.8. The number of carbonyl (C=O) groups is 4. The van der Waals surface area contributed by atoms with Crippen molar-refractivity contribution in [2.75, 3.05) is 11.9 Å². The number of benzene rings is 2. The molecule has 0 radical (unpaired) electrons. The summed E-state index contributed by atoms with van der Waals surface area (Å²) < 4.78 is 5.28. The molecule has 0 saturated heterocycles. The van der Waals surface area contributed by atoms with Gasteiger partial charge in [0, 0.05) is 12.1 Å². The van der Waals surface area contributed by atoms with E-state index in [0.717, 1.165) is 16.0 Å². The summed E-state index contributed by atoms with van der Waals surface area (Å²) in [7, 11) is 0. The molecule has 2 rings (SSSR count). The van der Waals surface area contributed by atoms with Crippen molar-refractivity contribution in [1.29, 1.82) is 5.26 Å². The molecule has 0 aliphatic carbocycles. The predicted molar refractivity (Wildman–Crippen MR) is 149 cm³/mol. The average molecular weight is 552 g/mol. The number of aromatic hydroxyl groups is 1. The SMILES string of the molecule is Cc1cc(C(C(=O)Nc2c(C)cccc2C)N(CC#N)C(=O)C(CCC(N)=O)NC(=O)OC(C)(C)C)ccc1O. The van der Waals surface area contributed by atoms with Crippen molar-refractivity contribution in [3.63, 3.8) is 0 Å². The van der Waals surface area contributed by atoms with Crippen molar-refractivity contribution in [3.05, 3.63) is 58.7 Å². The van der Waals surface area contributed by atoms with Crippen LogP contribution in [0.25, 0.3) is 0 Å². The minimum Gasteiger partial charge on any atom is -0.508 e. The number of nitriles is 1. The summed E-state index contributed by atoms with van der Waals surface area (Å²) in [4.78, 5) is 53.0. The van der Waals surface area contributed by atoms with Gasteiger partial charge >= 0.3 is 6.09 Å². The lowest BCUT2D eigenvalue weighted by Gasteiger charge is -2.33. The van der Waals surface area contributed by atoms with Crippen LogP contribution in [0.2, 0.25) is 0 Å². The van der Waals surface area contributed by atoms with Gasteiger partial charge in [-0.2, -0.15) is 5.26 Å². The fourth-order valence-electron chi connectivity index (χ4n) is 4.09. The minimum absolute atomic E-state index is 0.0123. The number of nitrogens with zero attached hydrogens (tertiary/aromatic N) is 2. The molecule has 2 aromatic carbocycles. The monoisotopic (exact) mass is 551 g/mol. The Balaban J connectivity index is 2.59. The molecule has 2 unspecified atom stereocenters. The molecule has 0 aliphatic heterocycles. The van der Waals surface area contributed by atoms with E-state index in [1.807, 2.05) is 38.1 Å². The third-order valence-corrected chi connectivity index (χ3v) is 6.02. The first-order valence-electron chi connectivity index (χ1n) is 12.8. The standard InChI is InChI=1S/C29H37N5O6/c1-17-8-7-9-18(2)24(17)33-26(37)25(20-10-12-22(35)19(3)16-20)34(15-14-30)27(38)21(11-13-23(31)36)32-28(39)40-29(4,5)6/h7-10,12,16,21,25,35H,11,13,15H2,1-6H3,(H2,31,36)(H,32,39)(H,33,37). The van der Waals surface area contributed by atoms with Gasteiger partial charge in [0.1, 0.15) is 30.0 Å². The number of phenolic OH excluding ortho intramolecular Hbond substituents is 1. The molecule has 0 spiro atoms. The number of para-hydroxylation sites is 1. The highest BCUT2D eigenvalue weighted by molar-refractivity contribution is 6.00. The third-order valence-electron chi connectivity index (χ3n) is 6.02. The van der Waals surface area contributed by atoms with Gasteiger partial charge in [0.05, 0.1) is 6.07 Å². The van der Waals surface area contributed by atoms with E-state index in [-0.39, 0.29) is 18.6 Å². The molecule has 0 aliphatic rings. The maximum atomic E-state index is 13.9. The first kappa shape index (κ1) is 31.6. The van der Waals surface area contributed by atoms with E-state index < -0.39 is 48.0 Å². The van der Waals surface area contributed by atoms with Crippen LogP contribution in [0.15, 0.2) is 36.4 Å². The highest BCUT2D eigenvalue weighted by Gasteiger charge is 2.37. The molecule has 40 heavy (non-hydrogen) atoms. The van der Waals surface area contributed by atoms with Crippen LogP contribution in [0.1, 0.15) is 61.9 Å². The fraction of sp³-hybridized carbons (Fsp3) is 0.414. The summed E-state index contributed by atoms with van der Waals surface area (Å²) >= 11 is 0. The van der Waals surface area contributed by atoms with Crippen LogP contribution in [0.5, 0.6) is 5.75 Å². The Kier molecular flexibility index (Phi) is 10.6. The van der Waals surface area contributed by atoms with Crippen LogP contribution < -0.4 is 16.4 Å². The van der Waals surface area contributed by atoms with Crippen molar-refractivity contribution < 1.29 is 29.0 Å². The second-order valence-corrected chi connectivity index (χ2v) is 10.5. The lowest BCUT2D eigenvalue weighted by molar-refractivity contribution is -0.140. The first-order chi connectivity index (χ1) is 18.6. The molecule has 0 heterocycles. The number of aryl methyl sites for hydroxylation is 3. The van der Waals surface area contributed by atoms with Gasteiger partial charge in [-0.1, -0.05) is 24.3 Å². The molecule has 2 aromatic rings. The summed E-state index contributed by atoms with van der Waals surface area (Å²) in [6.07, 6.45) is -1.34. The molecule has 214 valence electrons. The molecule has 0 aromatic heterocycles. The van der Waals surface area contributed by atoms with Crippen molar-refractivity contribution in [3.8, 4) is 11.8 Å². The van der Waals surface area contributed by atoms with Crippen molar-refractivity contribution >= 4 is 29.5 Å². The largest absolute Gasteiger partial charge is 0.508 e. The minimum atomic E-state index is -1.33. The fourth-order valence-corrected chi connectivity index (χ4v) is 4.09. The van der Waals surface area contributed by atoms with E-state index in [2.05, 4.69) is 10.6 Å². The topological polar surface area (TPSA) is 175 Å². The Morgan fingerprint density at radius 2 is 1.70 bits per heavy atom. The van der Waals surface area contributed by atoms with E-state index in [4.69, 9.17) is 10.5 Å². The molecule has 0 fully saturated rings. The number of amides is 4. The van der Waals surface area contributed by atoms with Gasteiger partial charge in [-0.25, -0.2) is 4.79 Å². The number of primary amides is 1. The second kappa shape index (κ2) is 13.5. The maximum absolute atomic E-state index is 13.9. The van der Waals surface area contributed by atoms with E-state index in [1.54, 1.807) is 33.8 Å². The van der Waals surface area contributed by atoms with E-state index in [0.29, 0.717) is 16.8 Å². The Bertz CT molecular complexity index is 1290. The quantitative estimate of drug-likeness (QED) is 0.327. The Morgan fingerprint density at radius 1 is 1.07 bits per heavy atom. The van der Waals surface area contributed by atoms with Crippen LogP contribution in [0.4, 0.5) is 10.5 Å². The van der Waals surface area contributed by atoms with Gasteiger partial charge in [0.25, 0.3) is 5.91 Å². The molecule has 0 bridgehead atoms. The van der Waals surface area contributed by atoms with Crippen LogP contribution >= 0.6 is 0 Å². The number of anilines is 1. The van der Waals surface area contributed by atoms with E-state index in [9.17, 15) is 29.5 Å². The molecule has 0 saturated carbocycles. The zero-order chi connectivity index (χ0) is 30.2. The van der Waals surface area contributed by atoms with Gasteiger partial charge in [-0.05, 0) is 82.3 Å². The molecular formula is C29H37N5O6. The van der Waals surface area contributed by atoms with E-state index in [1.165, 1.54) is 12.1 Å². The number of phenols is 1. The highest BCUT2D eigenvalue weighted by Crippen LogP contribution is 2.29. The predicted octanol–water partition coefficient (Wildman–Crippen LogP) is 3.51. The molecule has 4 amide bonds. The molecule has 5 N–H and O–H groups in total. The van der Waals surface area contributed by atoms with Gasteiger partial charge in [0.2, 0.25) is 11.8 Å². The molecule has 2 atom stereocenters. The zero-order valence-corrected chi connectivity index (χ0v) is 23.7. The van der Waals surface area contributed by atoms with Crippen molar-refractivity contribution in [2.24, 2.45) is 5.73 Å². The number of nitrogens with two attached hydrogens (primary N) is 1. The Labute approximate surface area is 234 Å². The molecule has 11 nitrogen and oxygen atoms in total. The van der Waals surface area contributed by atoms with Crippen LogP contribution in [0.3, 0.4) is 0 Å². The summed E-state index contributed by atoms with van der Waals surface area (Å²) in [6.45, 7) is 9.71.